The Kier molecular flexibility index (Phi) is 5.46. The van der Waals surface area contributed by atoms with Gasteiger partial charge in [-0.3, -0.25) is 4.79 Å². The molecule has 0 aliphatic carbocycles. The van der Waals surface area contributed by atoms with Crippen molar-refractivity contribution in [3.8, 4) is 5.88 Å². The SMILES string of the molecule is O=C(NCCCN1CCCC1=O)OCC1(O)Cn2c3ccccc3c3c4c[nH]c(O)c4c4c5ccccc5n(c4c32)C1. The number of aromatic hydroxyl groups is 1. The summed E-state index contributed by atoms with van der Waals surface area (Å²) in [5.74, 6) is 0.278. The lowest BCUT2D eigenvalue weighted by molar-refractivity contribution is -0.127. The molecule has 0 spiro atoms. The number of likely N-dealkylation sites (tertiary alicyclic amines) is 1. The van der Waals surface area contributed by atoms with Crippen LogP contribution in [0.2, 0.25) is 0 Å². The number of nitrogens with zero attached hydrogens (tertiary/aromatic N) is 3. The normalized spacial score (nSPS) is 18.8. The molecule has 8 rings (SSSR count). The Hall–Kier alpha value is -4.70. The van der Waals surface area contributed by atoms with E-state index in [4.69, 9.17) is 4.74 Å². The first kappa shape index (κ1) is 25.0. The number of H-pyrrole nitrogens is 1. The molecule has 1 atom stereocenters. The Morgan fingerprint density at radius 1 is 0.952 bits per heavy atom. The van der Waals surface area contributed by atoms with Crippen LogP contribution in [-0.4, -0.2) is 73.1 Å². The summed E-state index contributed by atoms with van der Waals surface area (Å²) in [6.07, 6.45) is 3.39. The maximum Gasteiger partial charge on any atom is 0.407 e. The molecule has 0 bridgehead atoms. The van der Waals surface area contributed by atoms with Gasteiger partial charge in [0.2, 0.25) is 5.91 Å². The van der Waals surface area contributed by atoms with Crippen molar-refractivity contribution in [2.24, 2.45) is 0 Å². The van der Waals surface area contributed by atoms with E-state index in [9.17, 15) is 19.8 Å². The van der Waals surface area contributed by atoms with Crippen LogP contribution in [-0.2, 0) is 22.6 Å². The summed E-state index contributed by atoms with van der Waals surface area (Å²) < 4.78 is 9.87. The van der Waals surface area contributed by atoms with Gasteiger partial charge in [-0.15, -0.1) is 0 Å². The van der Waals surface area contributed by atoms with Crippen molar-refractivity contribution in [2.45, 2.75) is 38.0 Å². The minimum Gasteiger partial charge on any atom is -0.494 e. The summed E-state index contributed by atoms with van der Waals surface area (Å²) in [7, 11) is 0. The number of aliphatic hydroxyl groups is 1. The second-order valence-electron chi connectivity index (χ2n) is 11.6. The summed E-state index contributed by atoms with van der Waals surface area (Å²) in [5.41, 5.74) is 2.38. The number of alkyl carbamates (subject to hydrolysis) is 1. The van der Waals surface area contributed by atoms with Crippen molar-refractivity contribution in [1.82, 2.24) is 24.3 Å². The van der Waals surface area contributed by atoms with Crippen molar-refractivity contribution in [1.29, 1.82) is 0 Å². The summed E-state index contributed by atoms with van der Waals surface area (Å²) in [5, 5.41) is 31.6. The van der Waals surface area contributed by atoms with Crippen molar-refractivity contribution in [3.63, 3.8) is 0 Å². The molecule has 42 heavy (non-hydrogen) atoms. The highest BCUT2D eigenvalue weighted by molar-refractivity contribution is 6.36. The Morgan fingerprint density at radius 2 is 1.62 bits per heavy atom. The number of hydrogen-bond acceptors (Lipinski definition) is 5. The number of ether oxygens (including phenoxy) is 1. The number of carbonyl (C=O) groups is 2. The Labute approximate surface area is 240 Å². The van der Waals surface area contributed by atoms with Gasteiger partial charge in [0.25, 0.3) is 0 Å². The lowest BCUT2D eigenvalue weighted by Gasteiger charge is -2.28. The van der Waals surface area contributed by atoms with E-state index in [0.29, 0.717) is 25.9 Å². The average Bonchev–Trinajstić information content (AvgIpc) is 3.72. The lowest BCUT2D eigenvalue weighted by Crippen LogP contribution is -2.44. The molecular weight excluding hydrogens is 534 g/mol. The van der Waals surface area contributed by atoms with Gasteiger partial charge in [-0.2, -0.15) is 0 Å². The van der Waals surface area contributed by atoms with E-state index in [-0.39, 0.29) is 31.5 Å². The molecule has 1 fully saturated rings. The van der Waals surface area contributed by atoms with E-state index >= 15 is 0 Å². The molecule has 2 aliphatic rings. The fourth-order valence-electron chi connectivity index (χ4n) is 7.20. The smallest absolute Gasteiger partial charge is 0.407 e. The van der Waals surface area contributed by atoms with Crippen LogP contribution < -0.4 is 5.32 Å². The Balaban J connectivity index is 1.19. The van der Waals surface area contributed by atoms with Crippen LogP contribution in [0.5, 0.6) is 5.88 Å². The van der Waals surface area contributed by atoms with Crippen LogP contribution in [0, 0.1) is 0 Å². The van der Waals surface area contributed by atoms with E-state index in [2.05, 4.69) is 25.5 Å². The summed E-state index contributed by atoms with van der Waals surface area (Å²) >= 11 is 0. The predicted octanol–water partition coefficient (Wildman–Crippen LogP) is 4.57. The van der Waals surface area contributed by atoms with Gasteiger partial charge in [-0.05, 0) is 25.0 Å². The van der Waals surface area contributed by atoms with E-state index in [1.165, 1.54) is 0 Å². The van der Waals surface area contributed by atoms with Gasteiger partial charge in [0.15, 0.2) is 5.88 Å². The van der Waals surface area contributed by atoms with Crippen LogP contribution in [0.3, 0.4) is 0 Å². The fraction of sp³-hybridized carbons (Fsp3) is 0.312. The average molecular weight is 566 g/mol. The largest absolute Gasteiger partial charge is 0.494 e. The maximum atomic E-state index is 12.7. The van der Waals surface area contributed by atoms with E-state index in [1.807, 2.05) is 53.6 Å². The lowest BCUT2D eigenvalue weighted by atomic mass is 10.0. The van der Waals surface area contributed by atoms with Crippen molar-refractivity contribution >= 4 is 66.4 Å². The van der Waals surface area contributed by atoms with Gasteiger partial charge in [0, 0.05) is 70.2 Å². The topological polar surface area (TPSA) is 125 Å². The van der Waals surface area contributed by atoms with Crippen LogP contribution in [0.15, 0.2) is 54.7 Å². The quantitative estimate of drug-likeness (QED) is 0.220. The van der Waals surface area contributed by atoms with E-state index in [0.717, 1.165) is 67.3 Å². The zero-order valence-electron chi connectivity index (χ0n) is 23.0. The minimum atomic E-state index is -1.42. The third kappa shape index (κ3) is 3.61. The van der Waals surface area contributed by atoms with Gasteiger partial charge in [0.05, 0.1) is 29.5 Å². The van der Waals surface area contributed by atoms with Crippen LogP contribution in [0.1, 0.15) is 19.3 Å². The van der Waals surface area contributed by atoms with Gasteiger partial charge in [0.1, 0.15) is 12.2 Å². The third-order valence-electron chi connectivity index (χ3n) is 8.97. The molecular formula is C32H31N5O5. The molecule has 0 radical (unpaired) electrons. The van der Waals surface area contributed by atoms with E-state index < -0.39 is 11.7 Å². The molecule has 5 heterocycles. The van der Waals surface area contributed by atoms with E-state index in [1.54, 1.807) is 0 Å². The van der Waals surface area contributed by atoms with Gasteiger partial charge in [-0.25, -0.2) is 4.79 Å². The van der Waals surface area contributed by atoms with Gasteiger partial charge >= 0.3 is 6.09 Å². The van der Waals surface area contributed by atoms with Crippen LogP contribution >= 0.6 is 0 Å². The van der Waals surface area contributed by atoms with Gasteiger partial charge in [-0.1, -0.05) is 36.4 Å². The summed E-state index contributed by atoms with van der Waals surface area (Å²) in [4.78, 5) is 29.4. The molecule has 10 heteroatoms. The first-order valence-electron chi connectivity index (χ1n) is 14.5. The number of amides is 2. The first-order chi connectivity index (χ1) is 20.4. The zero-order valence-corrected chi connectivity index (χ0v) is 23.0. The monoisotopic (exact) mass is 565 g/mol. The maximum absolute atomic E-state index is 12.7. The second-order valence-corrected chi connectivity index (χ2v) is 11.6. The second kappa shape index (κ2) is 9.15. The minimum absolute atomic E-state index is 0.111. The molecule has 1 unspecified atom stereocenters. The number of nitrogens with one attached hydrogen (secondary N) is 2. The molecule has 214 valence electrons. The Bertz CT molecular complexity index is 2070. The molecule has 3 aromatic heterocycles. The van der Waals surface area contributed by atoms with Crippen LogP contribution in [0.4, 0.5) is 4.79 Å². The zero-order chi connectivity index (χ0) is 28.6. The number of aromatic nitrogens is 3. The number of hydrogen-bond donors (Lipinski definition) is 4. The highest BCUT2D eigenvalue weighted by Crippen LogP contribution is 2.48. The molecule has 10 nitrogen and oxygen atoms in total. The molecule has 2 aliphatic heterocycles. The van der Waals surface area contributed by atoms with Crippen molar-refractivity contribution < 1.29 is 24.5 Å². The molecule has 3 aromatic carbocycles. The van der Waals surface area contributed by atoms with Crippen molar-refractivity contribution in [2.75, 3.05) is 26.2 Å². The summed E-state index contributed by atoms with van der Waals surface area (Å²) in [6.45, 7) is 1.98. The molecule has 6 aromatic rings. The number of aromatic amines is 1. The third-order valence-corrected chi connectivity index (χ3v) is 8.97. The first-order valence-corrected chi connectivity index (χ1v) is 14.5. The molecule has 1 saturated heterocycles. The number of benzene rings is 3. The number of fused-ring (bicyclic) bond motifs is 9. The Morgan fingerprint density at radius 3 is 2.31 bits per heavy atom. The summed E-state index contributed by atoms with van der Waals surface area (Å²) in [6, 6.07) is 16.1. The molecule has 4 N–H and O–H groups in total. The standard InChI is InChI=1S/C32H31N5O5/c38-24-11-5-13-35(24)14-6-12-33-31(40)42-18-32(41)16-36-22-9-3-1-7-19(22)25-21-15-34-30(39)27(21)26-20-8-2-4-10-23(20)37(17-32)29(26)28(25)36/h1-4,7-10,15,34,39,41H,5-6,11-14,16-18H2,(H,33,40). The van der Waals surface area contributed by atoms with Crippen LogP contribution in [0.25, 0.3) is 54.4 Å². The van der Waals surface area contributed by atoms with Crippen molar-refractivity contribution in [3.05, 3.63) is 54.7 Å². The molecule has 2 amide bonds. The number of rotatable bonds is 6. The highest BCUT2D eigenvalue weighted by atomic mass is 16.6. The molecule has 0 saturated carbocycles. The fourth-order valence-corrected chi connectivity index (χ4v) is 7.20. The van der Waals surface area contributed by atoms with Gasteiger partial charge < -0.3 is 39.3 Å². The number of para-hydroxylation sites is 2. The highest BCUT2D eigenvalue weighted by Gasteiger charge is 2.37. The predicted molar refractivity (Wildman–Crippen MR) is 161 cm³/mol. The number of carbonyl (C=O) groups excluding carboxylic acids is 2.